The van der Waals surface area contributed by atoms with Crippen LogP contribution in [0.2, 0.25) is 0 Å². The molecule has 13 nitrogen and oxygen atoms in total. The average Bonchev–Trinajstić information content (AvgIpc) is 1.46. The predicted octanol–water partition coefficient (Wildman–Crippen LogP) is 8.54. The molecule has 7 saturated carbocycles. The van der Waals surface area contributed by atoms with Gasteiger partial charge in [-0.05, 0) is 107 Å². The molecule has 13 fully saturated rings. The van der Waals surface area contributed by atoms with E-state index in [4.69, 9.17) is 47.4 Å². The van der Waals surface area contributed by atoms with E-state index < -0.39 is 68.3 Å². The Bertz CT molecular complexity index is 3330. The molecular formula is C66H73NO12. The van der Waals surface area contributed by atoms with Gasteiger partial charge in [-0.1, -0.05) is 79.7 Å². The molecule has 2 amide bonds. The van der Waals surface area contributed by atoms with Crippen LogP contribution in [0.15, 0.2) is 78.9 Å². The van der Waals surface area contributed by atoms with Crippen molar-refractivity contribution < 1.29 is 57.0 Å². The number of rotatable bonds is 14. The van der Waals surface area contributed by atoms with E-state index in [-0.39, 0.29) is 76.9 Å². The highest BCUT2D eigenvalue weighted by Gasteiger charge is 3.06. The average molecular weight is 1070 g/mol. The van der Waals surface area contributed by atoms with Crippen molar-refractivity contribution in [2.45, 2.75) is 86.7 Å². The molecule has 0 N–H and O–H groups in total. The molecule has 13 heteroatoms. The molecule has 6 saturated heterocycles. The summed E-state index contributed by atoms with van der Waals surface area (Å²) in [5.41, 5.74) is 2.47. The molecule has 414 valence electrons. The van der Waals surface area contributed by atoms with Crippen molar-refractivity contribution in [3.05, 3.63) is 90.0 Å². The van der Waals surface area contributed by atoms with Gasteiger partial charge < -0.3 is 47.4 Å². The monoisotopic (exact) mass is 1070 g/mol. The fourth-order valence-electron chi connectivity index (χ4n) is 26.2. The van der Waals surface area contributed by atoms with Crippen LogP contribution in [0.3, 0.4) is 0 Å². The van der Waals surface area contributed by atoms with E-state index in [2.05, 4.69) is 85.8 Å². The van der Waals surface area contributed by atoms with Crippen molar-refractivity contribution in [3.63, 3.8) is 0 Å². The zero-order valence-electron chi connectivity index (χ0n) is 46.5. The van der Waals surface area contributed by atoms with Crippen molar-refractivity contribution in [1.82, 2.24) is 4.90 Å². The summed E-state index contributed by atoms with van der Waals surface area (Å²) in [6.07, 6.45) is 2.15. The Hall–Kier alpha value is -4.28. The molecule has 0 radical (unpaired) electrons. The van der Waals surface area contributed by atoms with Crippen LogP contribution in [-0.4, -0.2) is 141 Å². The summed E-state index contributed by atoms with van der Waals surface area (Å²) in [5.74, 6) is 0.556. The van der Waals surface area contributed by atoms with Gasteiger partial charge >= 0.3 is 0 Å². The molecule has 4 aromatic rings. The summed E-state index contributed by atoms with van der Waals surface area (Å²) in [4.78, 5) is 35.2. The summed E-state index contributed by atoms with van der Waals surface area (Å²) < 4.78 is 69.8. The minimum absolute atomic E-state index is 0.00783. The van der Waals surface area contributed by atoms with Crippen molar-refractivity contribution in [3.8, 4) is 28.0 Å². The third-order valence-corrected chi connectivity index (χ3v) is 26.7. The standard InChI is InChI=1S/C66H73NO12/c1-8-24-67-57(68)64-53-49-50(61(31-72-4)39-27-38(60(49,61)30-71-3)46-42(33-16-11-9-12-17-33)35-20-15-21-41(74-6)44(35)43(47(39)46)34-18-13-10-14-19-34)54(78-53)65(64,58(67)69)56-52-51(55(64)79-56)59(29-70-2)37-28-40(62(52,59)32-73-5)48-45(37)36-22-23-63(48,75-7)66(36)76-25-26-77-66/h9-21,36-40,45,48-56H,8,22-32H2,1-7H3/t36-,37+,38-,39+,40-,45?,48?,49?,50?,51?,52?,53-,54+,55+,56-,59+,60-,61+,62-,63-,64+,65-/m1/s1. The van der Waals surface area contributed by atoms with Gasteiger partial charge in [-0.25, -0.2) is 0 Å². The molecule has 14 aliphatic rings. The molecular weight excluding hydrogens is 999 g/mol. The number of carbonyl (C=O) groups excluding carboxylic acids is 2. The first-order chi connectivity index (χ1) is 38.7. The number of methoxy groups -OCH3 is 6. The number of fused-ring (bicyclic) bond motifs is 33. The quantitative estimate of drug-likeness (QED) is 0.0682. The van der Waals surface area contributed by atoms with Gasteiger partial charge in [0.25, 0.3) is 0 Å². The smallest absolute Gasteiger partial charge is 0.242 e. The number of likely N-dealkylation sites (tertiary alicyclic amines) is 1. The molecule has 1 spiro atoms. The van der Waals surface area contributed by atoms with Crippen molar-refractivity contribution in [1.29, 1.82) is 0 Å². The summed E-state index contributed by atoms with van der Waals surface area (Å²) >= 11 is 0. The highest BCUT2D eigenvalue weighted by atomic mass is 16.8. The first kappa shape index (κ1) is 48.3. The van der Waals surface area contributed by atoms with E-state index in [1.165, 1.54) is 22.3 Å². The lowest BCUT2D eigenvalue weighted by Crippen LogP contribution is -2.85. The Morgan fingerprint density at radius 2 is 1.09 bits per heavy atom. The topological polar surface area (TPSA) is 130 Å². The van der Waals surface area contributed by atoms with Crippen molar-refractivity contribution >= 4 is 22.6 Å². The third-order valence-electron chi connectivity index (χ3n) is 26.7. The van der Waals surface area contributed by atoms with Gasteiger partial charge in [0.1, 0.15) is 22.2 Å². The first-order valence-corrected chi connectivity index (χ1v) is 29.9. The van der Waals surface area contributed by atoms with Gasteiger partial charge in [0, 0.05) is 105 Å². The predicted molar refractivity (Wildman–Crippen MR) is 288 cm³/mol. The normalized spacial score (nSPS) is 48.6. The van der Waals surface area contributed by atoms with E-state index in [1.807, 2.05) is 35.5 Å². The lowest BCUT2D eigenvalue weighted by Gasteiger charge is -2.78. The van der Waals surface area contributed by atoms with Crippen LogP contribution in [0, 0.1) is 85.8 Å². The van der Waals surface area contributed by atoms with Crippen LogP contribution in [0.1, 0.15) is 62.0 Å². The van der Waals surface area contributed by atoms with Gasteiger partial charge in [0.05, 0.1) is 71.2 Å². The second kappa shape index (κ2) is 15.3. The van der Waals surface area contributed by atoms with Crippen LogP contribution >= 0.6 is 0 Å². The van der Waals surface area contributed by atoms with Crippen LogP contribution in [0.4, 0.5) is 0 Å². The van der Waals surface area contributed by atoms with E-state index in [1.54, 1.807) is 12.0 Å². The molecule has 22 atom stereocenters. The Labute approximate surface area is 461 Å². The summed E-state index contributed by atoms with van der Waals surface area (Å²) in [5, 5.41) is 2.26. The number of ether oxygens (including phenoxy) is 10. The van der Waals surface area contributed by atoms with Crippen LogP contribution in [0.5, 0.6) is 5.75 Å². The molecule has 18 rings (SSSR count). The fraction of sp³-hybridized carbons (Fsp3) is 0.636. The SMILES string of the molecule is CCCN1C(=O)[C@@]23[C@@H]4O[C@@H](C5C4[C@@]4(COC)[C@@H]6C[C@@H](C7C6[C@]6(OC)CC[C@H]7C67OCCO7)[C@@]54COC)[C@]2(C1=O)[C@@H]1O[C@H]3C2C1[C@@]1(COC)[C@@H]3C[C@@H](c4c3c(-c3ccccc3)c3cccc(OC)c3c4-c3ccccc3)[C@@]21COC. The number of carbonyl (C=O) groups is 2. The molecule has 6 heterocycles. The largest absolute Gasteiger partial charge is 0.496 e. The zero-order chi connectivity index (χ0) is 53.3. The Kier molecular flexibility index (Phi) is 9.34. The van der Waals surface area contributed by atoms with Crippen molar-refractivity contribution in [2.75, 3.05) is 88.8 Å². The van der Waals surface area contributed by atoms with E-state index >= 15 is 9.59 Å². The van der Waals surface area contributed by atoms with Crippen LogP contribution < -0.4 is 4.74 Å². The maximum absolute atomic E-state index is 16.7. The number of nitrogens with zero attached hydrogens (tertiary/aromatic N) is 1. The van der Waals surface area contributed by atoms with Gasteiger partial charge in [-0.3, -0.25) is 14.5 Å². The molecule has 8 aliphatic carbocycles. The highest BCUT2D eigenvalue weighted by molar-refractivity contribution is 6.14. The summed E-state index contributed by atoms with van der Waals surface area (Å²) in [6, 6.07) is 28.3. The number of hydrogen-bond donors (Lipinski definition) is 0. The van der Waals surface area contributed by atoms with E-state index in [0.717, 1.165) is 53.3 Å². The molecule has 6 unspecified atom stereocenters. The number of imide groups is 1. The van der Waals surface area contributed by atoms with Crippen LogP contribution in [-0.2, 0) is 52.2 Å². The zero-order valence-corrected chi connectivity index (χ0v) is 46.5. The molecule has 79 heavy (non-hydrogen) atoms. The maximum atomic E-state index is 16.7. The van der Waals surface area contributed by atoms with Gasteiger partial charge in [0.2, 0.25) is 17.6 Å². The Morgan fingerprint density at radius 3 is 1.62 bits per heavy atom. The lowest BCUT2D eigenvalue weighted by molar-refractivity contribution is -0.337. The lowest BCUT2D eigenvalue weighted by atomic mass is 9.22. The summed E-state index contributed by atoms with van der Waals surface area (Å²) in [6.45, 7) is 5.53. The molecule has 6 aliphatic heterocycles. The molecule has 0 aromatic heterocycles. The maximum Gasteiger partial charge on any atom is 0.242 e. The van der Waals surface area contributed by atoms with Gasteiger partial charge in [-0.2, -0.15) is 0 Å². The van der Waals surface area contributed by atoms with Crippen molar-refractivity contribution in [2.24, 2.45) is 85.8 Å². The first-order valence-electron chi connectivity index (χ1n) is 29.9. The fourth-order valence-corrected chi connectivity index (χ4v) is 26.2. The molecule has 4 aromatic carbocycles. The minimum Gasteiger partial charge on any atom is -0.496 e. The number of benzene rings is 4. The Balaban J connectivity index is 0.877. The van der Waals surface area contributed by atoms with Gasteiger partial charge in [0.15, 0.2) is 0 Å². The number of amides is 2. The van der Waals surface area contributed by atoms with Crippen LogP contribution in [0.25, 0.3) is 33.0 Å². The van der Waals surface area contributed by atoms with E-state index in [0.29, 0.717) is 52.6 Å². The summed E-state index contributed by atoms with van der Waals surface area (Å²) in [7, 11) is 11.1. The highest BCUT2D eigenvalue weighted by Crippen LogP contribution is 2.99. The third kappa shape index (κ3) is 4.31. The number of hydrogen-bond acceptors (Lipinski definition) is 12. The minimum atomic E-state index is -1.25. The molecule has 10 bridgehead atoms. The van der Waals surface area contributed by atoms with Gasteiger partial charge in [-0.15, -0.1) is 0 Å². The second-order valence-electron chi connectivity index (χ2n) is 27.1. The second-order valence-corrected chi connectivity index (χ2v) is 27.1. The van der Waals surface area contributed by atoms with E-state index in [9.17, 15) is 0 Å². The Morgan fingerprint density at radius 1 is 0.570 bits per heavy atom.